The van der Waals surface area contributed by atoms with Gasteiger partial charge in [-0.1, -0.05) is 0 Å². The van der Waals surface area contributed by atoms with Crippen LogP contribution in [0.15, 0.2) is 0 Å². The van der Waals surface area contributed by atoms with E-state index in [1.807, 2.05) is 5.32 Å². The summed E-state index contributed by atoms with van der Waals surface area (Å²) in [6, 6.07) is -4.47. The molecular formula is C14H25N5O8. The van der Waals surface area contributed by atoms with Gasteiger partial charge >= 0.3 is 5.97 Å². The van der Waals surface area contributed by atoms with Gasteiger partial charge in [0.05, 0.1) is 25.2 Å². The van der Waals surface area contributed by atoms with Crippen LogP contribution in [0.25, 0.3) is 0 Å². The lowest BCUT2D eigenvalue weighted by Gasteiger charge is -2.23. The van der Waals surface area contributed by atoms with E-state index in [1.54, 1.807) is 0 Å². The van der Waals surface area contributed by atoms with Crippen LogP contribution < -0.4 is 27.4 Å². The van der Waals surface area contributed by atoms with Gasteiger partial charge in [-0.15, -0.1) is 0 Å². The number of nitrogens with one attached hydrogen (secondary N) is 3. The molecule has 0 spiro atoms. The molecule has 4 amide bonds. The maximum Gasteiger partial charge on any atom is 0.326 e. The maximum atomic E-state index is 12.1. The zero-order valence-electron chi connectivity index (χ0n) is 14.8. The average molecular weight is 391 g/mol. The summed E-state index contributed by atoms with van der Waals surface area (Å²) in [5, 5.41) is 34.0. The summed E-state index contributed by atoms with van der Waals surface area (Å²) in [6.07, 6.45) is -3.26. The van der Waals surface area contributed by atoms with Crippen LogP contribution in [-0.4, -0.2) is 81.8 Å². The fourth-order valence-electron chi connectivity index (χ4n) is 1.80. The molecule has 0 aliphatic carbocycles. The average Bonchev–Trinajstić information content (AvgIpc) is 2.54. The van der Waals surface area contributed by atoms with Gasteiger partial charge in [-0.3, -0.25) is 19.2 Å². The van der Waals surface area contributed by atoms with E-state index in [1.165, 1.54) is 6.92 Å². The summed E-state index contributed by atoms with van der Waals surface area (Å²) in [4.78, 5) is 57.4. The van der Waals surface area contributed by atoms with Crippen LogP contribution in [-0.2, 0) is 24.0 Å². The molecule has 0 aliphatic rings. The van der Waals surface area contributed by atoms with Crippen molar-refractivity contribution < 1.29 is 39.3 Å². The minimum absolute atomic E-state index is 0.612. The van der Waals surface area contributed by atoms with Crippen molar-refractivity contribution in [3.63, 3.8) is 0 Å². The lowest BCUT2D eigenvalue weighted by molar-refractivity contribution is -0.144. The molecule has 0 aliphatic heterocycles. The molecule has 0 radical (unpaired) electrons. The molecule has 154 valence electrons. The third-order valence-corrected chi connectivity index (χ3v) is 3.35. The molecule has 10 N–H and O–H groups in total. The van der Waals surface area contributed by atoms with Gasteiger partial charge in [0.25, 0.3) is 0 Å². The largest absolute Gasteiger partial charge is 0.480 e. The summed E-state index contributed by atoms with van der Waals surface area (Å²) in [7, 11) is 0. The van der Waals surface area contributed by atoms with Crippen LogP contribution in [0.4, 0.5) is 0 Å². The van der Waals surface area contributed by atoms with Gasteiger partial charge in [-0.05, 0) is 13.8 Å². The Morgan fingerprint density at radius 2 is 1.52 bits per heavy atom. The summed E-state index contributed by atoms with van der Waals surface area (Å²) in [6.45, 7) is 1.83. The van der Waals surface area contributed by atoms with Crippen molar-refractivity contribution in [2.45, 2.75) is 50.6 Å². The fraction of sp³-hybridized carbons (Fsp3) is 0.643. The van der Waals surface area contributed by atoms with Gasteiger partial charge in [-0.25, -0.2) is 4.79 Å². The number of primary amides is 1. The molecule has 0 saturated heterocycles. The summed E-state index contributed by atoms with van der Waals surface area (Å²) in [5.41, 5.74) is 10.3. The van der Waals surface area contributed by atoms with Gasteiger partial charge in [0.1, 0.15) is 18.1 Å². The van der Waals surface area contributed by atoms with Crippen LogP contribution >= 0.6 is 0 Å². The summed E-state index contributed by atoms with van der Waals surface area (Å²) in [5.74, 6) is -5.27. The molecule has 0 aromatic heterocycles. The van der Waals surface area contributed by atoms with Crippen molar-refractivity contribution in [1.82, 2.24) is 16.0 Å². The first-order valence-electron chi connectivity index (χ1n) is 7.87. The molecule has 0 saturated carbocycles. The molecule has 0 rings (SSSR count). The van der Waals surface area contributed by atoms with Crippen LogP contribution in [0.2, 0.25) is 0 Å². The molecule has 0 fully saturated rings. The van der Waals surface area contributed by atoms with E-state index >= 15 is 0 Å². The molecule has 13 nitrogen and oxygen atoms in total. The molecule has 5 atom stereocenters. The Morgan fingerprint density at radius 1 is 0.963 bits per heavy atom. The number of hydrogen-bond acceptors (Lipinski definition) is 8. The third kappa shape index (κ3) is 8.94. The number of hydrogen-bond donors (Lipinski definition) is 8. The minimum Gasteiger partial charge on any atom is -0.480 e. The van der Waals surface area contributed by atoms with Crippen molar-refractivity contribution in [3.05, 3.63) is 0 Å². The molecule has 5 unspecified atom stereocenters. The van der Waals surface area contributed by atoms with Crippen molar-refractivity contribution in [2.24, 2.45) is 11.5 Å². The van der Waals surface area contributed by atoms with E-state index in [0.29, 0.717) is 0 Å². The van der Waals surface area contributed by atoms with Gasteiger partial charge in [-0.2, -0.15) is 0 Å². The second-order valence-corrected chi connectivity index (χ2v) is 5.84. The number of carboxylic acid groups (broad SMARTS) is 1. The first-order valence-corrected chi connectivity index (χ1v) is 7.87. The number of nitrogens with two attached hydrogens (primary N) is 2. The van der Waals surface area contributed by atoms with Gasteiger partial charge < -0.3 is 42.7 Å². The van der Waals surface area contributed by atoms with E-state index in [0.717, 1.165) is 6.92 Å². The zero-order valence-corrected chi connectivity index (χ0v) is 14.8. The van der Waals surface area contributed by atoms with Crippen LogP contribution in [0.5, 0.6) is 0 Å². The molecular weight excluding hydrogens is 366 g/mol. The van der Waals surface area contributed by atoms with E-state index in [4.69, 9.17) is 16.6 Å². The van der Waals surface area contributed by atoms with E-state index in [2.05, 4.69) is 10.6 Å². The monoisotopic (exact) mass is 391 g/mol. The normalized spacial score (nSPS) is 16.2. The second kappa shape index (κ2) is 11.1. The Kier molecular flexibility index (Phi) is 9.92. The van der Waals surface area contributed by atoms with Gasteiger partial charge in [0.15, 0.2) is 0 Å². The van der Waals surface area contributed by atoms with Crippen molar-refractivity contribution >= 4 is 29.6 Å². The van der Waals surface area contributed by atoms with Crippen LogP contribution in [0.1, 0.15) is 20.3 Å². The highest BCUT2D eigenvalue weighted by Gasteiger charge is 2.30. The van der Waals surface area contributed by atoms with Crippen LogP contribution in [0.3, 0.4) is 0 Å². The predicted molar refractivity (Wildman–Crippen MR) is 89.7 cm³/mol. The standard InChI is InChI=1S/C14H25N5O8/c1-5(20)10(16)12(24)17-4-9(23)19-11(6(2)21)13(25)18-7(14(26)27)3-8(15)22/h5-7,10-11,20-21H,3-4,16H2,1-2H3,(H2,15,22)(H,17,24)(H,18,25)(H,19,23)(H,26,27). The molecule has 0 bridgehead atoms. The fourth-order valence-corrected chi connectivity index (χ4v) is 1.80. The van der Waals surface area contributed by atoms with Crippen LogP contribution in [0, 0.1) is 0 Å². The number of aliphatic hydroxyl groups excluding tert-OH is 2. The number of aliphatic hydroxyl groups is 2. The third-order valence-electron chi connectivity index (χ3n) is 3.35. The predicted octanol–water partition coefficient (Wildman–Crippen LogP) is -4.88. The number of rotatable bonds is 11. The highest BCUT2D eigenvalue weighted by Crippen LogP contribution is 1.98. The second-order valence-electron chi connectivity index (χ2n) is 5.84. The molecule has 13 heteroatoms. The Bertz CT molecular complexity index is 580. The van der Waals surface area contributed by atoms with Gasteiger partial charge in [0.2, 0.25) is 23.6 Å². The highest BCUT2D eigenvalue weighted by molar-refractivity contribution is 5.94. The number of amides is 4. The Labute approximate surface area is 154 Å². The summed E-state index contributed by atoms with van der Waals surface area (Å²) < 4.78 is 0. The topological polar surface area (TPSA) is 234 Å². The quantitative estimate of drug-likeness (QED) is 0.168. The number of carbonyl (C=O) groups excluding carboxylic acids is 4. The Hall–Kier alpha value is -2.77. The van der Waals surface area contributed by atoms with Gasteiger partial charge in [0, 0.05) is 0 Å². The minimum atomic E-state index is -1.64. The summed E-state index contributed by atoms with van der Waals surface area (Å²) >= 11 is 0. The SMILES string of the molecule is CC(O)C(N)C(=O)NCC(=O)NC(C(=O)NC(CC(N)=O)C(=O)O)C(C)O. The first-order chi connectivity index (χ1) is 12.4. The van der Waals surface area contributed by atoms with Crippen molar-refractivity contribution in [2.75, 3.05) is 6.54 Å². The smallest absolute Gasteiger partial charge is 0.326 e. The number of carboxylic acids is 1. The first kappa shape index (κ1) is 24.2. The highest BCUT2D eigenvalue weighted by atomic mass is 16.4. The molecule has 27 heavy (non-hydrogen) atoms. The van der Waals surface area contributed by atoms with E-state index < -0.39 is 72.9 Å². The molecule has 0 heterocycles. The molecule has 0 aromatic carbocycles. The number of carbonyl (C=O) groups is 5. The zero-order chi connectivity index (χ0) is 21.3. The van der Waals surface area contributed by atoms with E-state index in [-0.39, 0.29) is 0 Å². The van der Waals surface area contributed by atoms with E-state index in [9.17, 15) is 34.2 Å². The van der Waals surface area contributed by atoms with Crippen molar-refractivity contribution in [3.8, 4) is 0 Å². The van der Waals surface area contributed by atoms with Crippen molar-refractivity contribution in [1.29, 1.82) is 0 Å². The lowest BCUT2D eigenvalue weighted by atomic mass is 10.1. The maximum absolute atomic E-state index is 12.1. The molecule has 0 aromatic rings. The Morgan fingerprint density at radius 3 is 1.93 bits per heavy atom. The lowest BCUT2D eigenvalue weighted by Crippen LogP contribution is -2.58. The Balaban J connectivity index is 4.85. The number of aliphatic carboxylic acids is 1.